The van der Waals surface area contributed by atoms with Crippen LogP contribution in [0.4, 0.5) is 17.3 Å². The zero-order valence-corrected chi connectivity index (χ0v) is 19.6. The van der Waals surface area contributed by atoms with Crippen LogP contribution in [0, 0.1) is 0 Å². The number of anilines is 3. The van der Waals surface area contributed by atoms with Crippen molar-refractivity contribution in [3.8, 4) is 17.0 Å². The minimum atomic E-state index is -0.267. The predicted molar refractivity (Wildman–Crippen MR) is 135 cm³/mol. The largest absolute Gasteiger partial charge is 0.484 e. The smallest absolute Gasteiger partial charge is 0.264 e. The van der Waals surface area contributed by atoms with Crippen LogP contribution >= 0.6 is 0 Å². The Morgan fingerprint density at radius 3 is 2.85 bits per heavy atom. The SMILES string of the molecule is CNc1cc(CNc2nc(-c3ccc4c(c3)NCC(C)(C)O4)cc3ncn(C)c(=O)c23)ccn1. The van der Waals surface area contributed by atoms with Gasteiger partial charge >= 0.3 is 0 Å². The van der Waals surface area contributed by atoms with Gasteiger partial charge in [-0.3, -0.25) is 4.79 Å². The molecule has 1 aliphatic heterocycles. The summed E-state index contributed by atoms with van der Waals surface area (Å²) in [6.07, 6.45) is 3.28. The van der Waals surface area contributed by atoms with Crippen LogP contribution in [0.1, 0.15) is 19.4 Å². The number of rotatable bonds is 5. The Morgan fingerprint density at radius 1 is 1.18 bits per heavy atom. The summed E-state index contributed by atoms with van der Waals surface area (Å²) in [6.45, 7) is 5.29. The molecule has 174 valence electrons. The fraction of sp³-hybridized carbons (Fsp3) is 0.280. The number of nitrogens with zero attached hydrogens (tertiary/aromatic N) is 4. The Hall–Kier alpha value is -4.14. The molecule has 34 heavy (non-hydrogen) atoms. The van der Waals surface area contributed by atoms with Gasteiger partial charge in [-0.2, -0.15) is 0 Å². The van der Waals surface area contributed by atoms with Gasteiger partial charge in [-0.05, 0) is 55.8 Å². The number of fused-ring (bicyclic) bond motifs is 2. The molecule has 0 atom stereocenters. The van der Waals surface area contributed by atoms with Crippen molar-refractivity contribution in [3.05, 3.63) is 64.8 Å². The van der Waals surface area contributed by atoms with E-state index in [9.17, 15) is 4.79 Å². The monoisotopic (exact) mass is 457 g/mol. The van der Waals surface area contributed by atoms with Crippen LogP contribution in [0.15, 0.2) is 53.7 Å². The second-order valence-electron chi connectivity index (χ2n) is 8.99. The Balaban J connectivity index is 1.56. The lowest BCUT2D eigenvalue weighted by atomic mass is 10.0. The molecule has 0 amide bonds. The molecule has 3 N–H and O–H groups in total. The number of aryl methyl sites for hydroxylation is 1. The molecular weight excluding hydrogens is 430 g/mol. The van der Waals surface area contributed by atoms with E-state index in [4.69, 9.17) is 9.72 Å². The lowest BCUT2D eigenvalue weighted by Gasteiger charge is -2.33. The molecule has 5 rings (SSSR count). The van der Waals surface area contributed by atoms with Crippen LogP contribution in [-0.2, 0) is 13.6 Å². The van der Waals surface area contributed by atoms with Crippen LogP contribution in [0.2, 0.25) is 0 Å². The van der Waals surface area contributed by atoms with E-state index < -0.39 is 0 Å². The van der Waals surface area contributed by atoms with Gasteiger partial charge in [0.15, 0.2) is 0 Å². The summed E-state index contributed by atoms with van der Waals surface area (Å²) in [7, 11) is 3.51. The second-order valence-corrected chi connectivity index (χ2v) is 8.99. The highest BCUT2D eigenvalue weighted by atomic mass is 16.5. The molecule has 0 unspecified atom stereocenters. The number of ether oxygens (including phenoxy) is 1. The average molecular weight is 458 g/mol. The van der Waals surface area contributed by atoms with Crippen LogP contribution in [0.25, 0.3) is 22.2 Å². The van der Waals surface area contributed by atoms with Crippen molar-refractivity contribution in [1.82, 2.24) is 19.5 Å². The van der Waals surface area contributed by atoms with E-state index in [0.29, 0.717) is 29.8 Å². The van der Waals surface area contributed by atoms with E-state index in [1.165, 1.54) is 10.9 Å². The summed E-state index contributed by atoms with van der Waals surface area (Å²) in [5, 5.41) is 10.3. The Bertz CT molecular complexity index is 1450. The number of aromatic nitrogens is 4. The van der Waals surface area contributed by atoms with Gasteiger partial charge in [0, 0.05) is 32.4 Å². The molecule has 9 heteroatoms. The van der Waals surface area contributed by atoms with Gasteiger partial charge < -0.3 is 25.3 Å². The number of pyridine rings is 2. The van der Waals surface area contributed by atoms with Gasteiger partial charge in [0.25, 0.3) is 5.56 Å². The van der Waals surface area contributed by atoms with Crippen molar-refractivity contribution >= 4 is 28.2 Å². The van der Waals surface area contributed by atoms with Crippen LogP contribution in [0.5, 0.6) is 5.75 Å². The van der Waals surface area contributed by atoms with Gasteiger partial charge in [0.1, 0.15) is 28.4 Å². The molecule has 0 aliphatic carbocycles. The van der Waals surface area contributed by atoms with Gasteiger partial charge in [0.05, 0.1) is 29.8 Å². The third-order valence-electron chi connectivity index (χ3n) is 5.81. The molecule has 0 saturated carbocycles. The summed E-state index contributed by atoms with van der Waals surface area (Å²) in [4.78, 5) is 26.6. The van der Waals surface area contributed by atoms with Crippen LogP contribution < -0.4 is 26.2 Å². The molecule has 4 aromatic rings. The fourth-order valence-electron chi connectivity index (χ4n) is 3.96. The van der Waals surface area contributed by atoms with Gasteiger partial charge in [-0.15, -0.1) is 0 Å². The first-order chi connectivity index (χ1) is 16.3. The molecule has 4 heterocycles. The zero-order chi connectivity index (χ0) is 23.9. The minimum Gasteiger partial charge on any atom is -0.484 e. The summed E-state index contributed by atoms with van der Waals surface area (Å²) < 4.78 is 7.54. The number of hydrogen-bond acceptors (Lipinski definition) is 8. The maximum atomic E-state index is 13.0. The zero-order valence-electron chi connectivity index (χ0n) is 19.6. The Morgan fingerprint density at radius 2 is 2.03 bits per heavy atom. The Kier molecular flexibility index (Phi) is 5.31. The first kappa shape index (κ1) is 21.7. The minimum absolute atomic E-state index is 0.153. The first-order valence-corrected chi connectivity index (χ1v) is 11.1. The summed E-state index contributed by atoms with van der Waals surface area (Å²) in [5.41, 5.74) is 3.72. The van der Waals surface area contributed by atoms with Gasteiger partial charge in [-0.1, -0.05) is 0 Å². The molecular formula is C25H27N7O2. The predicted octanol–water partition coefficient (Wildman–Crippen LogP) is 3.63. The molecule has 0 bridgehead atoms. The fourth-order valence-corrected chi connectivity index (χ4v) is 3.96. The molecule has 3 aromatic heterocycles. The second kappa shape index (κ2) is 8.33. The highest BCUT2D eigenvalue weighted by Gasteiger charge is 2.26. The maximum absolute atomic E-state index is 13.0. The normalized spacial score (nSPS) is 14.1. The van der Waals surface area contributed by atoms with E-state index in [-0.39, 0.29) is 11.2 Å². The van der Waals surface area contributed by atoms with Crippen molar-refractivity contribution in [3.63, 3.8) is 0 Å². The molecule has 1 aromatic carbocycles. The van der Waals surface area contributed by atoms with E-state index in [0.717, 1.165) is 34.1 Å². The summed E-state index contributed by atoms with van der Waals surface area (Å²) >= 11 is 0. The standard InChI is InChI=1S/C25H27N7O2/c1-25(2)13-29-18-10-16(5-6-20(18)34-25)17-11-19-22(24(33)32(4)14-30-19)23(31-17)28-12-15-7-8-27-21(9-15)26-3/h5-11,14,29H,12-13H2,1-4H3,(H,26,27)(H,28,31). The summed E-state index contributed by atoms with van der Waals surface area (Å²) in [5.74, 6) is 2.08. The number of nitrogens with one attached hydrogen (secondary N) is 3. The number of benzene rings is 1. The van der Waals surface area contributed by atoms with E-state index in [1.54, 1.807) is 13.2 Å². The van der Waals surface area contributed by atoms with E-state index in [2.05, 4.69) is 25.9 Å². The molecule has 0 spiro atoms. The molecule has 0 fully saturated rings. The highest BCUT2D eigenvalue weighted by molar-refractivity contribution is 5.91. The van der Waals surface area contributed by atoms with Crippen molar-refractivity contribution in [1.29, 1.82) is 0 Å². The topological polar surface area (TPSA) is 106 Å². The van der Waals surface area contributed by atoms with E-state index in [1.807, 2.05) is 57.3 Å². The van der Waals surface area contributed by atoms with Crippen LogP contribution in [-0.4, -0.2) is 38.7 Å². The molecule has 9 nitrogen and oxygen atoms in total. The highest BCUT2D eigenvalue weighted by Crippen LogP contribution is 2.36. The molecule has 0 radical (unpaired) electrons. The maximum Gasteiger partial charge on any atom is 0.264 e. The van der Waals surface area contributed by atoms with Crippen molar-refractivity contribution in [2.75, 3.05) is 29.5 Å². The third-order valence-corrected chi connectivity index (χ3v) is 5.81. The third kappa shape index (κ3) is 4.12. The van der Waals surface area contributed by atoms with E-state index >= 15 is 0 Å². The lowest BCUT2D eigenvalue weighted by molar-refractivity contribution is 0.116. The average Bonchev–Trinajstić information content (AvgIpc) is 2.84. The van der Waals surface area contributed by atoms with Gasteiger partial charge in [-0.25, -0.2) is 15.0 Å². The lowest BCUT2D eigenvalue weighted by Crippen LogP contribution is -2.39. The summed E-state index contributed by atoms with van der Waals surface area (Å²) in [6, 6.07) is 11.7. The van der Waals surface area contributed by atoms with Crippen molar-refractivity contribution < 1.29 is 4.74 Å². The van der Waals surface area contributed by atoms with Crippen LogP contribution in [0.3, 0.4) is 0 Å². The first-order valence-electron chi connectivity index (χ1n) is 11.1. The molecule has 1 aliphatic rings. The van der Waals surface area contributed by atoms with Crippen molar-refractivity contribution in [2.24, 2.45) is 7.05 Å². The number of hydrogen-bond donors (Lipinski definition) is 3. The van der Waals surface area contributed by atoms with Crippen molar-refractivity contribution in [2.45, 2.75) is 26.0 Å². The van der Waals surface area contributed by atoms with Gasteiger partial charge in [0.2, 0.25) is 0 Å². The Labute approximate surface area is 197 Å². The molecule has 0 saturated heterocycles. The quantitative estimate of drug-likeness (QED) is 0.417.